The van der Waals surface area contributed by atoms with Crippen molar-refractivity contribution < 1.29 is 19.2 Å². The number of thioether (sulfide) groups is 1. The highest BCUT2D eigenvalue weighted by Crippen LogP contribution is 2.38. The van der Waals surface area contributed by atoms with E-state index in [1.54, 1.807) is 77.7 Å². The average Bonchev–Trinajstić information content (AvgIpc) is 3.44. The number of halogens is 1. The van der Waals surface area contributed by atoms with Gasteiger partial charge in [0.15, 0.2) is 0 Å². The molecule has 0 saturated heterocycles. The van der Waals surface area contributed by atoms with Crippen LogP contribution in [-0.4, -0.2) is 40.3 Å². The molecule has 3 aromatic carbocycles. The van der Waals surface area contributed by atoms with Gasteiger partial charge in [0.25, 0.3) is 11.8 Å². The molecule has 1 unspecified atom stereocenters. The molecule has 1 aliphatic rings. The van der Waals surface area contributed by atoms with E-state index in [1.165, 1.54) is 36.1 Å². The largest absolute Gasteiger partial charge is 0.337 e. The summed E-state index contributed by atoms with van der Waals surface area (Å²) >= 11 is 9.02. The number of anilines is 2. The first-order valence-corrected chi connectivity index (χ1v) is 17.3. The second-order valence-corrected chi connectivity index (χ2v) is 13.7. The minimum absolute atomic E-state index is 0.000753. The second-order valence-electron chi connectivity index (χ2n) is 10.9. The van der Waals surface area contributed by atoms with Crippen LogP contribution in [0.3, 0.4) is 0 Å². The van der Waals surface area contributed by atoms with Gasteiger partial charge in [0.05, 0.1) is 17.4 Å². The molecule has 12 heteroatoms. The van der Waals surface area contributed by atoms with Crippen LogP contribution in [0.5, 0.6) is 0 Å². The lowest BCUT2D eigenvalue weighted by Crippen LogP contribution is -2.33. The molecule has 2 heterocycles. The quantitative estimate of drug-likeness (QED) is 0.120. The predicted octanol–water partition coefficient (Wildman–Crippen LogP) is 7.10. The number of benzene rings is 3. The fraction of sp³-hybridized carbons (Fsp3) is 0.194. The lowest BCUT2D eigenvalue weighted by atomic mass is 10.0. The molecule has 0 fully saturated rings. The van der Waals surface area contributed by atoms with Crippen molar-refractivity contribution in [3.63, 3.8) is 0 Å². The van der Waals surface area contributed by atoms with Gasteiger partial charge < -0.3 is 20.9 Å². The van der Waals surface area contributed by atoms with Crippen LogP contribution in [-0.2, 0) is 27.3 Å². The number of carbonyl (C=O) groups excluding carboxylic acids is 4. The van der Waals surface area contributed by atoms with E-state index in [9.17, 15) is 24.4 Å². The molecule has 0 spiro atoms. The number of hydrogen-bond acceptors (Lipinski definition) is 7. The summed E-state index contributed by atoms with van der Waals surface area (Å²) in [5.41, 5.74) is 2.76. The maximum atomic E-state index is 13.5. The Morgan fingerprint density at radius 3 is 2.50 bits per heavy atom. The van der Waals surface area contributed by atoms with E-state index in [1.807, 2.05) is 13.0 Å². The zero-order chi connectivity index (χ0) is 34.2. The second kappa shape index (κ2) is 15.8. The lowest BCUT2D eigenvalue weighted by Gasteiger charge is -2.25. The molecule has 0 bridgehead atoms. The van der Waals surface area contributed by atoms with Crippen LogP contribution in [0, 0.1) is 11.3 Å². The van der Waals surface area contributed by atoms with Crippen molar-refractivity contribution in [2.75, 3.05) is 17.2 Å². The Morgan fingerprint density at radius 1 is 1.04 bits per heavy atom. The Bertz CT molecular complexity index is 1940. The Morgan fingerprint density at radius 2 is 1.79 bits per heavy atom. The van der Waals surface area contributed by atoms with E-state index in [2.05, 4.69) is 22.0 Å². The smallest absolute Gasteiger partial charge is 0.272 e. The average molecular weight is 698 g/mol. The van der Waals surface area contributed by atoms with E-state index in [0.717, 1.165) is 15.3 Å². The SMILES string of the molecule is CCC(Sc1cccc(NC(=O)/C(=C\c2ccccc2Cl)NC(=O)c2ccccc2)c1)C(=O)Nc1sc2c(c1C#N)CCN(C(C)=O)C2. The van der Waals surface area contributed by atoms with Crippen molar-refractivity contribution in [3.8, 4) is 6.07 Å². The third kappa shape index (κ3) is 8.33. The molecular weight excluding hydrogens is 666 g/mol. The molecule has 1 atom stereocenters. The van der Waals surface area contributed by atoms with Gasteiger partial charge in [-0.3, -0.25) is 19.2 Å². The van der Waals surface area contributed by atoms with Crippen LogP contribution < -0.4 is 16.0 Å². The summed E-state index contributed by atoms with van der Waals surface area (Å²) in [7, 11) is 0. The van der Waals surface area contributed by atoms with Crippen molar-refractivity contribution in [2.45, 2.75) is 43.4 Å². The summed E-state index contributed by atoms with van der Waals surface area (Å²) < 4.78 is 0. The van der Waals surface area contributed by atoms with Crippen molar-refractivity contribution in [1.29, 1.82) is 5.26 Å². The van der Waals surface area contributed by atoms with E-state index in [4.69, 9.17) is 11.6 Å². The summed E-state index contributed by atoms with van der Waals surface area (Å²) in [6.45, 7) is 4.39. The van der Waals surface area contributed by atoms with Crippen LogP contribution >= 0.6 is 34.7 Å². The van der Waals surface area contributed by atoms with Gasteiger partial charge in [0.2, 0.25) is 11.8 Å². The highest BCUT2D eigenvalue weighted by molar-refractivity contribution is 8.00. The number of fused-ring (bicyclic) bond motifs is 1. The number of nitrogens with one attached hydrogen (secondary N) is 3. The number of nitrogens with zero attached hydrogens (tertiary/aromatic N) is 2. The van der Waals surface area contributed by atoms with Gasteiger partial charge in [-0.1, -0.05) is 61.0 Å². The minimum atomic E-state index is -0.555. The molecule has 4 aromatic rings. The molecule has 4 amide bonds. The Kier molecular flexibility index (Phi) is 11.3. The number of amides is 4. The highest BCUT2D eigenvalue weighted by Gasteiger charge is 2.28. The zero-order valence-electron chi connectivity index (χ0n) is 26.2. The molecule has 1 aliphatic heterocycles. The minimum Gasteiger partial charge on any atom is -0.337 e. The Hall–Kier alpha value is -4.89. The van der Waals surface area contributed by atoms with Gasteiger partial charge in [-0.15, -0.1) is 23.1 Å². The number of rotatable bonds is 10. The summed E-state index contributed by atoms with van der Waals surface area (Å²) in [4.78, 5) is 55.3. The van der Waals surface area contributed by atoms with Crippen molar-refractivity contribution in [1.82, 2.24) is 10.2 Å². The molecule has 0 saturated carbocycles. The standard InChI is InChI=1S/C36H32ClN5O4S2/c1-3-31(35(46)41-36-28(20-38)27-16-17-42(22(2)43)21-32(27)48-36)47-26-14-9-13-25(19-26)39-34(45)30(18-24-12-7-8-15-29(24)37)40-33(44)23-10-5-4-6-11-23/h4-15,18-19,31H,3,16-17,21H2,1-2H3,(H,39,45)(H,40,44)(H,41,46)/b30-18+. The molecule has 0 radical (unpaired) electrons. The van der Waals surface area contributed by atoms with E-state index in [-0.39, 0.29) is 17.5 Å². The molecule has 0 aliphatic carbocycles. The number of carbonyl (C=O) groups is 4. The van der Waals surface area contributed by atoms with Crippen LogP contribution in [0.1, 0.15) is 52.2 Å². The summed E-state index contributed by atoms with van der Waals surface area (Å²) in [5, 5.41) is 18.8. The zero-order valence-corrected chi connectivity index (χ0v) is 28.6. The van der Waals surface area contributed by atoms with Crippen molar-refractivity contribution >= 4 is 75.1 Å². The van der Waals surface area contributed by atoms with Crippen LogP contribution in [0.25, 0.3) is 6.08 Å². The molecule has 9 nitrogen and oxygen atoms in total. The summed E-state index contributed by atoms with van der Waals surface area (Å²) in [5.74, 6) is -1.28. The first-order chi connectivity index (χ1) is 23.2. The maximum Gasteiger partial charge on any atom is 0.272 e. The summed E-state index contributed by atoms with van der Waals surface area (Å²) in [6.07, 6.45) is 2.60. The molecule has 3 N–H and O–H groups in total. The third-order valence-electron chi connectivity index (χ3n) is 7.62. The molecular formula is C36H32ClN5O4S2. The number of thiophene rings is 1. The first-order valence-electron chi connectivity index (χ1n) is 15.2. The van der Waals surface area contributed by atoms with E-state index in [0.29, 0.717) is 58.3 Å². The first kappa shape index (κ1) is 34.4. The monoisotopic (exact) mass is 697 g/mol. The van der Waals surface area contributed by atoms with Gasteiger partial charge in [0, 0.05) is 39.5 Å². The topological polar surface area (TPSA) is 131 Å². The number of nitriles is 1. The fourth-order valence-corrected chi connectivity index (χ4v) is 7.51. The highest BCUT2D eigenvalue weighted by atomic mass is 35.5. The fourth-order valence-electron chi connectivity index (χ4n) is 5.09. The number of hydrogen-bond donors (Lipinski definition) is 3. The van der Waals surface area contributed by atoms with Gasteiger partial charge in [0.1, 0.15) is 16.8 Å². The predicted molar refractivity (Wildman–Crippen MR) is 191 cm³/mol. The molecule has 1 aromatic heterocycles. The maximum absolute atomic E-state index is 13.5. The van der Waals surface area contributed by atoms with E-state index >= 15 is 0 Å². The van der Waals surface area contributed by atoms with Crippen LogP contribution in [0.4, 0.5) is 10.7 Å². The van der Waals surface area contributed by atoms with Crippen molar-refractivity contribution in [3.05, 3.63) is 117 Å². The van der Waals surface area contributed by atoms with Crippen molar-refractivity contribution in [2.24, 2.45) is 0 Å². The molecule has 48 heavy (non-hydrogen) atoms. The Labute approximate surface area is 292 Å². The van der Waals surface area contributed by atoms with Crippen LogP contribution in [0.15, 0.2) is 89.5 Å². The van der Waals surface area contributed by atoms with Gasteiger partial charge >= 0.3 is 0 Å². The molecule has 5 rings (SSSR count). The van der Waals surface area contributed by atoms with Gasteiger partial charge in [-0.25, -0.2) is 0 Å². The van der Waals surface area contributed by atoms with Gasteiger partial charge in [-0.05, 0) is 66.4 Å². The summed E-state index contributed by atoms with van der Waals surface area (Å²) in [6, 6.07) is 24.9. The third-order valence-corrected chi connectivity index (χ3v) is 10.5. The van der Waals surface area contributed by atoms with Gasteiger partial charge in [-0.2, -0.15) is 5.26 Å². The lowest BCUT2D eigenvalue weighted by molar-refractivity contribution is -0.129. The normalized spacial score (nSPS) is 13.1. The Balaban J connectivity index is 1.30. The van der Waals surface area contributed by atoms with E-state index < -0.39 is 17.1 Å². The van der Waals surface area contributed by atoms with Crippen LogP contribution in [0.2, 0.25) is 5.02 Å². The molecule has 244 valence electrons.